The molecule has 0 aliphatic heterocycles. The first-order valence-electron chi connectivity index (χ1n) is 6.58. The molecule has 0 spiro atoms. The molecule has 0 atom stereocenters. The predicted molar refractivity (Wildman–Crippen MR) is 80.9 cm³/mol. The third-order valence-electron chi connectivity index (χ3n) is 2.99. The molecule has 0 fully saturated rings. The van der Waals surface area contributed by atoms with Crippen LogP contribution in [0.4, 0.5) is 11.4 Å². The Hall–Kier alpha value is -2.49. The van der Waals surface area contributed by atoms with Crippen LogP contribution in [-0.2, 0) is 0 Å². The van der Waals surface area contributed by atoms with Crippen LogP contribution in [0.1, 0.15) is 23.7 Å². The molecule has 2 rings (SSSR count). The lowest BCUT2D eigenvalue weighted by molar-refractivity contribution is 0.0987. The van der Waals surface area contributed by atoms with E-state index in [-0.39, 0.29) is 11.7 Å². The van der Waals surface area contributed by atoms with E-state index in [4.69, 9.17) is 5.73 Å². The lowest BCUT2D eigenvalue weighted by Crippen LogP contribution is -2.31. The maximum atomic E-state index is 12.6. The van der Waals surface area contributed by atoms with Gasteiger partial charge in [-0.3, -0.25) is 4.79 Å². The van der Waals surface area contributed by atoms with E-state index in [2.05, 4.69) is 0 Å². The van der Waals surface area contributed by atoms with E-state index in [1.165, 1.54) is 12.1 Å². The van der Waals surface area contributed by atoms with Crippen molar-refractivity contribution in [1.29, 1.82) is 0 Å². The number of hydrogen-bond donors (Lipinski definition) is 2. The molecular weight excluding hydrogens is 252 g/mol. The first-order valence-corrected chi connectivity index (χ1v) is 6.58. The van der Waals surface area contributed by atoms with Crippen LogP contribution in [0.25, 0.3) is 0 Å². The van der Waals surface area contributed by atoms with Gasteiger partial charge < -0.3 is 15.7 Å². The van der Waals surface area contributed by atoms with Crippen molar-refractivity contribution in [2.45, 2.75) is 13.3 Å². The lowest BCUT2D eigenvalue weighted by atomic mass is 10.1. The van der Waals surface area contributed by atoms with Crippen molar-refractivity contribution in [2.75, 3.05) is 17.2 Å². The number of carbonyl (C=O) groups is 1. The summed E-state index contributed by atoms with van der Waals surface area (Å²) in [5.74, 6) is 0.0463. The van der Waals surface area contributed by atoms with Crippen molar-refractivity contribution in [3.63, 3.8) is 0 Å². The van der Waals surface area contributed by atoms with Crippen LogP contribution in [0, 0.1) is 0 Å². The maximum Gasteiger partial charge on any atom is 0.258 e. The monoisotopic (exact) mass is 270 g/mol. The summed E-state index contributed by atoms with van der Waals surface area (Å²) in [6.07, 6.45) is 0.846. The molecule has 0 aliphatic carbocycles. The topological polar surface area (TPSA) is 66.6 Å². The molecule has 0 aromatic heterocycles. The van der Waals surface area contributed by atoms with Crippen molar-refractivity contribution >= 4 is 17.3 Å². The van der Waals surface area contributed by atoms with Gasteiger partial charge in [-0.1, -0.05) is 13.0 Å². The zero-order chi connectivity index (χ0) is 14.5. The Bertz CT molecular complexity index is 594. The molecule has 1 amide bonds. The van der Waals surface area contributed by atoms with Crippen molar-refractivity contribution in [3.05, 3.63) is 54.1 Å². The summed E-state index contributed by atoms with van der Waals surface area (Å²) in [6, 6.07) is 13.5. The van der Waals surface area contributed by atoms with Crippen LogP contribution in [-0.4, -0.2) is 17.6 Å². The summed E-state index contributed by atoms with van der Waals surface area (Å²) in [6.45, 7) is 2.63. The van der Waals surface area contributed by atoms with Crippen LogP contribution in [0.15, 0.2) is 48.5 Å². The van der Waals surface area contributed by atoms with Gasteiger partial charge >= 0.3 is 0 Å². The van der Waals surface area contributed by atoms with Crippen molar-refractivity contribution < 1.29 is 9.90 Å². The molecule has 0 unspecified atom stereocenters. The normalized spacial score (nSPS) is 10.2. The molecule has 3 N–H and O–H groups in total. The van der Waals surface area contributed by atoms with E-state index in [0.29, 0.717) is 17.8 Å². The average Bonchev–Trinajstić information content (AvgIpc) is 2.45. The highest BCUT2D eigenvalue weighted by Crippen LogP contribution is 2.21. The third kappa shape index (κ3) is 3.09. The zero-order valence-electron chi connectivity index (χ0n) is 11.4. The summed E-state index contributed by atoms with van der Waals surface area (Å²) < 4.78 is 0. The number of benzene rings is 2. The minimum Gasteiger partial charge on any atom is -0.508 e. The molecule has 0 aliphatic rings. The van der Waals surface area contributed by atoms with Gasteiger partial charge in [0, 0.05) is 23.5 Å². The van der Waals surface area contributed by atoms with E-state index in [0.717, 1.165) is 12.1 Å². The summed E-state index contributed by atoms with van der Waals surface area (Å²) in [7, 11) is 0. The van der Waals surface area contributed by atoms with Gasteiger partial charge in [-0.05, 0) is 48.9 Å². The SMILES string of the molecule is CCCN(C(=O)c1ccc(O)cc1)c1cccc(N)c1. The van der Waals surface area contributed by atoms with Crippen molar-refractivity contribution in [3.8, 4) is 5.75 Å². The molecule has 0 heterocycles. The van der Waals surface area contributed by atoms with Crippen LogP contribution < -0.4 is 10.6 Å². The van der Waals surface area contributed by atoms with Crippen LogP contribution >= 0.6 is 0 Å². The molecule has 104 valence electrons. The smallest absolute Gasteiger partial charge is 0.258 e. The molecular formula is C16H18N2O2. The minimum atomic E-state index is -0.0996. The number of aromatic hydroxyl groups is 1. The number of nitrogen functional groups attached to an aromatic ring is 1. The lowest BCUT2D eigenvalue weighted by Gasteiger charge is -2.22. The van der Waals surface area contributed by atoms with E-state index in [1.54, 1.807) is 29.2 Å². The molecule has 4 heteroatoms. The summed E-state index contributed by atoms with van der Waals surface area (Å²) in [5.41, 5.74) is 7.73. The van der Waals surface area contributed by atoms with Gasteiger partial charge in [-0.15, -0.1) is 0 Å². The Labute approximate surface area is 118 Å². The second-order valence-electron chi connectivity index (χ2n) is 4.60. The fraction of sp³-hybridized carbons (Fsp3) is 0.188. The third-order valence-corrected chi connectivity index (χ3v) is 2.99. The number of anilines is 2. The number of phenols is 1. The fourth-order valence-corrected chi connectivity index (χ4v) is 2.02. The molecule has 0 saturated carbocycles. The highest BCUT2D eigenvalue weighted by molar-refractivity contribution is 6.06. The van der Waals surface area contributed by atoms with Gasteiger partial charge in [0.25, 0.3) is 5.91 Å². The van der Waals surface area contributed by atoms with Gasteiger partial charge in [-0.25, -0.2) is 0 Å². The number of rotatable bonds is 4. The van der Waals surface area contributed by atoms with Crippen molar-refractivity contribution in [1.82, 2.24) is 0 Å². The van der Waals surface area contributed by atoms with Crippen LogP contribution in [0.2, 0.25) is 0 Å². The molecule has 4 nitrogen and oxygen atoms in total. The standard InChI is InChI=1S/C16H18N2O2/c1-2-10-18(14-5-3-4-13(17)11-14)16(20)12-6-8-15(19)9-7-12/h3-9,11,19H,2,10,17H2,1H3. The van der Waals surface area contributed by atoms with E-state index >= 15 is 0 Å². The molecule has 2 aromatic carbocycles. The molecule has 20 heavy (non-hydrogen) atoms. The van der Waals surface area contributed by atoms with Gasteiger partial charge in [0.1, 0.15) is 5.75 Å². The second-order valence-corrected chi connectivity index (χ2v) is 4.60. The fourth-order valence-electron chi connectivity index (χ4n) is 2.02. The van der Waals surface area contributed by atoms with Gasteiger partial charge in [0.15, 0.2) is 0 Å². The second kappa shape index (κ2) is 6.10. The number of hydrogen-bond acceptors (Lipinski definition) is 3. The summed E-state index contributed by atoms with van der Waals surface area (Å²) in [5, 5.41) is 9.29. The van der Waals surface area contributed by atoms with E-state index in [1.807, 2.05) is 19.1 Å². The Morgan fingerprint density at radius 2 is 1.90 bits per heavy atom. The Balaban J connectivity index is 2.33. The number of nitrogens with two attached hydrogens (primary N) is 1. The molecule has 0 saturated heterocycles. The largest absolute Gasteiger partial charge is 0.508 e. The molecule has 0 radical (unpaired) electrons. The van der Waals surface area contributed by atoms with E-state index in [9.17, 15) is 9.90 Å². The van der Waals surface area contributed by atoms with Gasteiger partial charge in [0.05, 0.1) is 0 Å². The minimum absolute atomic E-state index is 0.0996. The summed E-state index contributed by atoms with van der Waals surface area (Å²) in [4.78, 5) is 14.3. The molecule has 0 bridgehead atoms. The van der Waals surface area contributed by atoms with Crippen molar-refractivity contribution in [2.24, 2.45) is 0 Å². The quantitative estimate of drug-likeness (QED) is 0.839. The highest BCUT2D eigenvalue weighted by Gasteiger charge is 2.17. The Kier molecular flexibility index (Phi) is 4.25. The van der Waals surface area contributed by atoms with Gasteiger partial charge in [0.2, 0.25) is 0 Å². The number of carbonyl (C=O) groups excluding carboxylic acids is 1. The van der Waals surface area contributed by atoms with E-state index < -0.39 is 0 Å². The Morgan fingerprint density at radius 3 is 2.50 bits per heavy atom. The van der Waals surface area contributed by atoms with Crippen LogP contribution in [0.3, 0.4) is 0 Å². The predicted octanol–water partition coefficient (Wildman–Crippen LogP) is 3.03. The van der Waals surface area contributed by atoms with Crippen LogP contribution in [0.5, 0.6) is 5.75 Å². The number of phenolic OH excluding ortho intramolecular Hbond substituents is 1. The van der Waals surface area contributed by atoms with Gasteiger partial charge in [-0.2, -0.15) is 0 Å². The maximum absolute atomic E-state index is 12.6. The summed E-state index contributed by atoms with van der Waals surface area (Å²) >= 11 is 0. The zero-order valence-corrected chi connectivity index (χ0v) is 11.4. The number of amides is 1. The molecule has 2 aromatic rings. The Morgan fingerprint density at radius 1 is 1.20 bits per heavy atom. The first kappa shape index (κ1) is 13.9. The average molecular weight is 270 g/mol. The number of nitrogens with zero attached hydrogens (tertiary/aromatic N) is 1. The first-order chi connectivity index (χ1) is 9.61. The highest BCUT2D eigenvalue weighted by atomic mass is 16.3.